The van der Waals surface area contributed by atoms with Crippen molar-refractivity contribution < 1.29 is 4.79 Å². The van der Waals surface area contributed by atoms with E-state index in [1.165, 1.54) is 0 Å². The minimum Gasteiger partial charge on any atom is -0.341 e. The lowest BCUT2D eigenvalue weighted by Gasteiger charge is -2.14. The number of pyridine rings is 2. The second-order valence-electron chi connectivity index (χ2n) is 6.14. The van der Waals surface area contributed by atoms with Crippen molar-refractivity contribution in [3.05, 3.63) is 99.4 Å². The molecule has 0 aliphatic heterocycles. The second kappa shape index (κ2) is 8.00. The summed E-state index contributed by atoms with van der Waals surface area (Å²) in [6.45, 7) is 0.494. The van der Waals surface area contributed by atoms with E-state index in [4.69, 9.17) is 11.6 Å². The molecule has 0 unspecified atom stereocenters. The van der Waals surface area contributed by atoms with Crippen LogP contribution in [0.15, 0.2) is 87.6 Å². The van der Waals surface area contributed by atoms with Crippen LogP contribution in [0, 0.1) is 0 Å². The van der Waals surface area contributed by atoms with Crippen molar-refractivity contribution in [1.29, 1.82) is 0 Å². The molecule has 0 spiro atoms. The molecule has 0 fully saturated rings. The summed E-state index contributed by atoms with van der Waals surface area (Å²) in [5, 5.41) is 0.697. The first-order valence-electron chi connectivity index (χ1n) is 8.53. The largest absolute Gasteiger partial charge is 0.341 e. The number of carbonyl (C=O) groups excluding carboxylic acids is 1. The van der Waals surface area contributed by atoms with Crippen molar-refractivity contribution in [3.63, 3.8) is 0 Å². The Bertz CT molecular complexity index is 1220. The number of rotatable bonds is 5. The normalized spacial score (nSPS) is 10.9. The zero-order chi connectivity index (χ0) is 19.5. The fraction of sp³-hybridized carbons (Fsp3) is 0.0455. The summed E-state index contributed by atoms with van der Waals surface area (Å²) in [4.78, 5) is 29.9. The first kappa shape index (κ1) is 18.5. The first-order valence-corrected chi connectivity index (χ1v) is 9.73. The Kier molecular flexibility index (Phi) is 5.28. The zero-order valence-corrected chi connectivity index (χ0v) is 16.2. The molecule has 4 aromatic rings. The molecule has 2 heterocycles. The number of nitrogens with zero attached hydrogens (tertiary/aromatic N) is 2. The van der Waals surface area contributed by atoms with Gasteiger partial charge in [-0.15, -0.1) is 0 Å². The van der Waals surface area contributed by atoms with Crippen LogP contribution in [0.3, 0.4) is 0 Å². The van der Waals surface area contributed by atoms with E-state index in [-0.39, 0.29) is 11.1 Å². The third-order valence-electron chi connectivity index (χ3n) is 4.31. The number of hydrogen-bond donors (Lipinski definition) is 0. The smallest absolute Gasteiger partial charge is 0.239 e. The molecule has 0 aliphatic rings. The highest BCUT2D eigenvalue weighted by atomic mass is 35.5. The number of halogens is 1. The predicted molar refractivity (Wildman–Crippen MR) is 112 cm³/mol. The molecule has 0 N–H and O–H groups in total. The van der Waals surface area contributed by atoms with Crippen LogP contribution >= 0.6 is 23.4 Å². The maximum absolute atomic E-state index is 12.3. The van der Waals surface area contributed by atoms with Gasteiger partial charge in [0.1, 0.15) is 5.52 Å². The molecule has 4 rings (SSSR count). The quantitative estimate of drug-likeness (QED) is 0.482. The van der Waals surface area contributed by atoms with Crippen molar-refractivity contribution in [3.8, 4) is 0 Å². The number of hydrogen-bond acceptors (Lipinski definition) is 4. The Morgan fingerprint density at radius 1 is 1.04 bits per heavy atom. The molecule has 0 amide bonds. The minimum atomic E-state index is -0.398. The Balaban J connectivity index is 1.76. The monoisotopic (exact) mass is 405 g/mol. The molecule has 2 aromatic carbocycles. The van der Waals surface area contributed by atoms with Crippen LogP contribution in [-0.4, -0.2) is 15.8 Å². The molecule has 0 saturated heterocycles. The molecule has 4 nitrogen and oxygen atoms in total. The van der Waals surface area contributed by atoms with Gasteiger partial charge in [0.25, 0.3) is 0 Å². The maximum atomic E-state index is 12.3. The van der Waals surface area contributed by atoms with Crippen molar-refractivity contribution in [2.75, 3.05) is 0 Å². The molecule has 0 saturated carbocycles. The third kappa shape index (κ3) is 3.72. The zero-order valence-electron chi connectivity index (χ0n) is 14.6. The lowest BCUT2D eigenvalue weighted by molar-refractivity contribution is 0.562. The van der Waals surface area contributed by atoms with Crippen LogP contribution in [0.25, 0.3) is 11.0 Å². The van der Waals surface area contributed by atoms with Crippen molar-refractivity contribution >= 4 is 40.7 Å². The average molecular weight is 406 g/mol. The molecular weight excluding hydrogens is 392 g/mol. The topological polar surface area (TPSA) is 52.0 Å². The molecule has 0 bridgehead atoms. The lowest BCUT2D eigenvalue weighted by atomic mass is 10.2. The van der Waals surface area contributed by atoms with Gasteiger partial charge in [-0.25, -0.2) is 0 Å². The molecule has 1 radical (unpaired) electrons. The molecule has 0 atom stereocenters. The van der Waals surface area contributed by atoms with Gasteiger partial charge in [-0.2, -0.15) is 0 Å². The van der Waals surface area contributed by atoms with Gasteiger partial charge < -0.3 is 4.57 Å². The van der Waals surface area contributed by atoms with E-state index < -0.39 is 5.43 Å². The standard InChI is InChI=1S/C22H14ClN2O2S/c23-17-7-9-18(10-8-17)28-20-6-2-1-4-15(20)12-25-13-16(14-26)22(27)21-19(25)5-3-11-24-21/h1-11,13H,12H2. The highest BCUT2D eigenvalue weighted by molar-refractivity contribution is 7.99. The van der Waals surface area contributed by atoms with Gasteiger partial charge in [0.2, 0.25) is 11.7 Å². The van der Waals surface area contributed by atoms with Gasteiger partial charge in [-0.3, -0.25) is 14.6 Å². The van der Waals surface area contributed by atoms with E-state index in [0.29, 0.717) is 17.1 Å². The van der Waals surface area contributed by atoms with Crippen molar-refractivity contribution in [2.24, 2.45) is 0 Å². The van der Waals surface area contributed by atoms with E-state index in [1.54, 1.807) is 36.5 Å². The van der Waals surface area contributed by atoms with Crippen LogP contribution in [-0.2, 0) is 11.3 Å². The Hall–Kier alpha value is -2.89. The molecule has 137 valence electrons. The molecular formula is C22H14ClN2O2S. The van der Waals surface area contributed by atoms with Crippen LogP contribution < -0.4 is 5.43 Å². The molecule has 6 heteroatoms. The summed E-state index contributed by atoms with van der Waals surface area (Å²) in [5.74, 6) is 0. The first-order chi connectivity index (χ1) is 13.7. The van der Waals surface area contributed by atoms with Gasteiger partial charge in [0, 0.05) is 33.8 Å². The number of benzene rings is 2. The lowest BCUT2D eigenvalue weighted by Crippen LogP contribution is -2.16. The molecule has 0 aliphatic carbocycles. The van der Waals surface area contributed by atoms with E-state index in [0.717, 1.165) is 15.4 Å². The minimum absolute atomic E-state index is 0.0194. The van der Waals surface area contributed by atoms with Crippen molar-refractivity contribution in [1.82, 2.24) is 9.55 Å². The Labute approximate surface area is 170 Å². The number of aromatic nitrogens is 2. The van der Waals surface area contributed by atoms with Gasteiger partial charge in [0.05, 0.1) is 11.1 Å². The van der Waals surface area contributed by atoms with Crippen LogP contribution in [0.4, 0.5) is 0 Å². The third-order valence-corrected chi connectivity index (χ3v) is 5.68. The van der Waals surface area contributed by atoms with Crippen LogP contribution in [0.1, 0.15) is 11.1 Å². The summed E-state index contributed by atoms with van der Waals surface area (Å²) < 4.78 is 1.87. The summed E-state index contributed by atoms with van der Waals surface area (Å²) in [6, 6.07) is 19.3. The van der Waals surface area contributed by atoms with Gasteiger partial charge >= 0.3 is 0 Å². The van der Waals surface area contributed by atoms with Crippen LogP contribution in [0.5, 0.6) is 0 Å². The highest BCUT2D eigenvalue weighted by Crippen LogP contribution is 2.31. The maximum Gasteiger partial charge on any atom is 0.239 e. The van der Waals surface area contributed by atoms with E-state index in [1.807, 2.05) is 59.2 Å². The Morgan fingerprint density at radius 2 is 1.82 bits per heavy atom. The second-order valence-corrected chi connectivity index (χ2v) is 7.69. The van der Waals surface area contributed by atoms with Crippen LogP contribution in [0.2, 0.25) is 5.02 Å². The summed E-state index contributed by atoms with van der Waals surface area (Å²) in [6.07, 6.45) is 4.83. The van der Waals surface area contributed by atoms with Gasteiger partial charge in [-0.05, 0) is 48.0 Å². The number of fused-ring (bicyclic) bond motifs is 1. The van der Waals surface area contributed by atoms with E-state index in [2.05, 4.69) is 4.98 Å². The molecule has 2 aromatic heterocycles. The summed E-state index contributed by atoms with van der Waals surface area (Å²) >= 11 is 7.61. The molecule has 28 heavy (non-hydrogen) atoms. The fourth-order valence-corrected chi connectivity index (χ4v) is 4.03. The summed E-state index contributed by atoms with van der Waals surface area (Å²) in [5.41, 5.74) is 1.59. The average Bonchev–Trinajstić information content (AvgIpc) is 2.73. The van der Waals surface area contributed by atoms with E-state index >= 15 is 0 Å². The summed E-state index contributed by atoms with van der Waals surface area (Å²) in [7, 11) is 0. The van der Waals surface area contributed by atoms with Gasteiger partial charge in [0.15, 0.2) is 0 Å². The van der Waals surface area contributed by atoms with Gasteiger partial charge in [-0.1, -0.05) is 41.6 Å². The van der Waals surface area contributed by atoms with E-state index in [9.17, 15) is 9.59 Å². The SMILES string of the molecule is O=[C]c1cn(Cc2ccccc2Sc2ccc(Cl)cc2)c2cccnc2c1=O. The van der Waals surface area contributed by atoms with Crippen molar-refractivity contribution in [2.45, 2.75) is 16.3 Å². The predicted octanol–water partition coefficient (Wildman–Crippen LogP) is 4.71. The fourth-order valence-electron chi connectivity index (χ4n) is 2.97. The Morgan fingerprint density at radius 3 is 2.61 bits per heavy atom. The highest BCUT2D eigenvalue weighted by Gasteiger charge is 2.12.